The predicted molar refractivity (Wildman–Crippen MR) is 131 cm³/mol. The van der Waals surface area contributed by atoms with Crippen LogP contribution in [-0.2, 0) is 23.8 Å². The molecule has 8 heteroatoms. The van der Waals surface area contributed by atoms with Crippen molar-refractivity contribution in [2.75, 3.05) is 6.54 Å². The van der Waals surface area contributed by atoms with Crippen LogP contribution in [0.15, 0.2) is 77.2 Å². The van der Waals surface area contributed by atoms with E-state index >= 15 is 0 Å². The van der Waals surface area contributed by atoms with Gasteiger partial charge in [-0.1, -0.05) is 54.1 Å². The van der Waals surface area contributed by atoms with Gasteiger partial charge in [-0.05, 0) is 60.4 Å². The molecule has 0 saturated carbocycles. The van der Waals surface area contributed by atoms with Crippen LogP contribution in [0.5, 0.6) is 0 Å². The minimum Gasteiger partial charge on any atom is -0.441 e. The molecule has 0 N–H and O–H groups in total. The average Bonchev–Trinajstić information content (AvgIpc) is 3.23. The summed E-state index contributed by atoms with van der Waals surface area (Å²) in [6.07, 6.45) is -3.70. The van der Waals surface area contributed by atoms with Crippen LogP contribution in [0.25, 0.3) is 11.5 Å². The van der Waals surface area contributed by atoms with E-state index in [1.54, 1.807) is 6.92 Å². The number of hydrogen-bond donors (Lipinski definition) is 0. The first kappa shape index (κ1) is 24.1. The highest BCUT2D eigenvalue weighted by Gasteiger charge is 2.34. The second-order valence-corrected chi connectivity index (χ2v) is 9.14. The molecule has 0 fully saturated rings. The molecule has 0 bridgehead atoms. The molecule has 1 amide bonds. The number of alkyl halides is 3. The van der Waals surface area contributed by atoms with Crippen molar-refractivity contribution in [1.29, 1.82) is 0 Å². The lowest BCUT2D eigenvalue weighted by Gasteiger charge is -2.38. The van der Waals surface area contributed by atoms with Crippen LogP contribution in [0.3, 0.4) is 0 Å². The molecule has 4 aromatic rings. The number of rotatable bonds is 4. The first-order valence-corrected chi connectivity index (χ1v) is 11.9. The second-order valence-electron chi connectivity index (χ2n) is 8.73. The van der Waals surface area contributed by atoms with Crippen LogP contribution < -0.4 is 0 Å². The number of amides is 1. The van der Waals surface area contributed by atoms with Crippen molar-refractivity contribution in [3.63, 3.8) is 0 Å². The van der Waals surface area contributed by atoms with Gasteiger partial charge < -0.3 is 9.32 Å². The minimum absolute atomic E-state index is 0.000905. The van der Waals surface area contributed by atoms with Crippen molar-refractivity contribution >= 4 is 17.5 Å². The normalized spacial score (nSPS) is 15.6. The Kier molecular flexibility index (Phi) is 6.35. The fourth-order valence-corrected chi connectivity index (χ4v) is 4.87. The molecule has 0 spiro atoms. The van der Waals surface area contributed by atoms with E-state index in [9.17, 15) is 18.0 Å². The topological polar surface area (TPSA) is 46.3 Å². The number of halogens is 4. The third-order valence-corrected chi connectivity index (χ3v) is 6.82. The molecule has 1 aliphatic rings. The van der Waals surface area contributed by atoms with E-state index < -0.39 is 11.7 Å². The first-order chi connectivity index (χ1) is 17.2. The number of oxazole rings is 1. The summed E-state index contributed by atoms with van der Waals surface area (Å²) in [5.74, 6) is 0.491. The molecule has 1 aromatic heterocycles. The van der Waals surface area contributed by atoms with Crippen molar-refractivity contribution in [2.45, 2.75) is 32.0 Å². The van der Waals surface area contributed by atoms with E-state index in [0.29, 0.717) is 28.6 Å². The van der Waals surface area contributed by atoms with E-state index in [1.807, 2.05) is 47.4 Å². The molecule has 1 atom stereocenters. The Morgan fingerprint density at radius 1 is 1.03 bits per heavy atom. The van der Waals surface area contributed by atoms with Gasteiger partial charge in [-0.25, -0.2) is 4.98 Å². The molecule has 1 unspecified atom stereocenters. The SMILES string of the molecule is Cc1oc(-c2ccc(C(F)(F)F)cc2)nc1CC(=O)N1CCc2ccccc2C1c1ccccc1Cl. The maximum Gasteiger partial charge on any atom is 0.416 e. The second kappa shape index (κ2) is 9.47. The first-order valence-electron chi connectivity index (χ1n) is 11.5. The summed E-state index contributed by atoms with van der Waals surface area (Å²) < 4.78 is 44.4. The molecular formula is C28H22ClF3N2O2. The largest absolute Gasteiger partial charge is 0.441 e. The number of benzene rings is 3. The molecule has 0 aliphatic carbocycles. The highest BCUT2D eigenvalue weighted by atomic mass is 35.5. The number of fused-ring (bicyclic) bond motifs is 1. The number of hydrogen-bond acceptors (Lipinski definition) is 3. The van der Waals surface area contributed by atoms with Crippen molar-refractivity contribution in [3.05, 3.63) is 112 Å². The Balaban J connectivity index is 1.43. The molecule has 3 aromatic carbocycles. The van der Waals surface area contributed by atoms with E-state index in [2.05, 4.69) is 11.1 Å². The third kappa shape index (κ3) is 4.63. The smallest absolute Gasteiger partial charge is 0.416 e. The van der Waals surface area contributed by atoms with Crippen molar-refractivity contribution < 1.29 is 22.4 Å². The van der Waals surface area contributed by atoms with Gasteiger partial charge >= 0.3 is 6.18 Å². The van der Waals surface area contributed by atoms with Crippen LogP contribution in [-0.4, -0.2) is 22.3 Å². The fourth-order valence-electron chi connectivity index (χ4n) is 4.63. The Bertz CT molecular complexity index is 1410. The quantitative estimate of drug-likeness (QED) is 0.296. The fraction of sp³-hybridized carbons (Fsp3) is 0.214. The maximum absolute atomic E-state index is 13.6. The summed E-state index contributed by atoms with van der Waals surface area (Å²) >= 11 is 6.55. The lowest BCUT2D eigenvalue weighted by Crippen LogP contribution is -2.41. The molecule has 5 rings (SSSR count). The van der Waals surface area contributed by atoms with Crippen LogP contribution in [0, 0.1) is 6.92 Å². The molecule has 0 saturated heterocycles. The highest BCUT2D eigenvalue weighted by molar-refractivity contribution is 6.31. The lowest BCUT2D eigenvalue weighted by molar-refractivity contribution is -0.137. The van der Waals surface area contributed by atoms with Gasteiger partial charge in [0.25, 0.3) is 0 Å². The van der Waals surface area contributed by atoms with Gasteiger partial charge in [0.15, 0.2) is 0 Å². The molecule has 4 nitrogen and oxygen atoms in total. The summed E-state index contributed by atoms with van der Waals surface area (Å²) in [6.45, 7) is 2.22. The van der Waals surface area contributed by atoms with Crippen molar-refractivity contribution in [2.24, 2.45) is 0 Å². The Morgan fingerprint density at radius 2 is 1.69 bits per heavy atom. The van der Waals surface area contributed by atoms with Gasteiger partial charge in [0.05, 0.1) is 23.7 Å². The van der Waals surface area contributed by atoms with Crippen molar-refractivity contribution in [3.8, 4) is 11.5 Å². The van der Waals surface area contributed by atoms with Gasteiger partial charge in [-0.3, -0.25) is 4.79 Å². The number of aromatic nitrogens is 1. The number of aryl methyl sites for hydroxylation is 1. The molecule has 36 heavy (non-hydrogen) atoms. The third-order valence-electron chi connectivity index (χ3n) is 6.47. The summed E-state index contributed by atoms with van der Waals surface area (Å²) in [5.41, 5.74) is 3.17. The average molecular weight is 511 g/mol. The maximum atomic E-state index is 13.6. The van der Waals surface area contributed by atoms with Gasteiger partial charge in [-0.2, -0.15) is 13.2 Å². The predicted octanol–water partition coefficient (Wildman–Crippen LogP) is 7.04. The Hall–Kier alpha value is -3.58. The van der Waals surface area contributed by atoms with Crippen LogP contribution in [0.4, 0.5) is 13.2 Å². The monoisotopic (exact) mass is 510 g/mol. The molecule has 1 aliphatic heterocycles. The van der Waals surface area contributed by atoms with E-state index in [1.165, 1.54) is 17.7 Å². The van der Waals surface area contributed by atoms with Gasteiger partial charge in [0.1, 0.15) is 5.76 Å². The van der Waals surface area contributed by atoms with E-state index in [0.717, 1.165) is 29.7 Å². The van der Waals surface area contributed by atoms with Crippen LogP contribution in [0.2, 0.25) is 5.02 Å². The van der Waals surface area contributed by atoms with Crippen LogP contribution >= 0.6 is 11.6 Å². The summed E-state index contributed by atoms with van der Waals surface area (Å²) in [5, 5.41) is 0.583. The van der Waals surface area contributed by atoms with Gasteiger partial charge in [0.2, 0.25) is 11.8 Å². The molecule has 2 heterocycles. The minimum atomic E-state index is -4.42. The lowest BCUT2D eigenvalue weighted by atomic mass is 9.88. The number of carbonyl (C=O) groups is 1. The highest BCUT2D eigenvalue weighted by Crippen LogP contribution is 2.38. The Morgan fingerprint density at radius 3 is 2.39 bits per heavy atom. The summed E-state index contributed by atoms with van der Waals surface area (Å²) in [4.78, 5) is 19.9. The Labute approximate surface area is 211 Å². The number of carbonyl (C=O) groups excluding carboxylic acids is 1. The van der Waals surface area contributed by atoms with Gasteiger partial charge in [0, 0.05) is 17.1 Å². The van der Waals surface area contributed by atoms with Gasteiger partial charge in [-0.15, -0.1) is 0 Å². The summed E-state index contributed by atoms with van der Waals surface area (Å²) in [6, 6.07) is 19.8. The summed E-state index contributed by atoms with van der Waals surface area (Å²) in [7, 11) is 0. The molecule has 184 valence electrons. The molecular weight excluding hydrogens is 489 g/mol. The zero-order valence-corrected chi connectivity index (χ0v) is 20.1. The zero-order valence-electron chi connectivity index (χ0n) is 19.3. The van der Waals surface area contributed by atoms with Crippen molar-refractivity contribution in [1.82, 2.24) is 9.88 Å². The zero-order chi connectivity index (χ0) is 25.4. The van der Waals surface area contributed by atoms with E-state index in [-0.39, 0.29) is 24.3 Å². The standard InChI is InChI=1S/C28H22ClF3N2O2/c1-17-24(33-27(36-17)19-10-12-20(13-11-19)28(30,31)32)16-25(35)34-15-14-18-6-2-3-7-21(18)26(34)22-8-4-5-9-23(22)29/h2-13,26H,14-16H2,1H3. The number of nitrogens with zero attached hydrogens (tertiary/aromatic N) is 2. The molecule has 0 radical (unpaired) electrons. The van der Waals surface area contributed by atoms with E-state index in [4.69, 9.17) is 16.0 Å². The van der Waals surface area contributed by atoms with Crippen LogP contribution in [0.1, 0.15) is 39.7 Å².